The van der Waals surface area contributed by atoms with Gasteiger partial charge in [0, 0.05) is 26.2 Å². The standard InChI is InChI=1S/C9H14N2O2/c10-4-8-6-13-9(11-8)3-7-1-2-12-5-7/h6-7H,1-5,10H2. The molecule has 2 rings (SSSR count). The van der Waals surface area contributed by atoms with Crippen LogP contribution >= 0.6 is 0 Å². The summed E-state index contributed by atoms with van der Waals surface area (Å²) in [6.45, 7) is 2.15. The average Bonchev–Trinajstić information content (AvgIpc) is 2.76. The molecule has 0 radical (unpaired) electrons. The molecule has 72 valence electrons. The van der Waals surface area contributed by atoms with Crippen molar-refractivity contribution < 1.29 is 9.15 Å². The topological polar surface area (TPSA) is 61.3 Å². The van der Waals surface area contributed by atoms with Gasteiger partial charge in [-0.05, 0) is 12.3 Å². The molecule has 13 heavy (non-hydrogen) atoms. The minimum absolute atomic E-state index is 0.449. The molecule has 2 heterocycles. The van der Waals surface area contributed by atoms with Crippen LogP contribution in [0.5, 0.6) is 0 Å². The molecule has 1 atom stereocenters. The number of hydrogen-bond acceptors (Lipinski definition) is 4. The highest BCUT2D eigenvalue weighted by atomic mass is 16.5. The maximum Gasteiger partial charge on any atom is 0.194 e. The van der Waals surface area contributed by atoms with Gasteiger partial charge in [0.05, 0.1) is 5.69 Å². The quantitative estimate of drug-likeness (QED) is 0.748. The van der Waals surface area contributed by atoms with Crippen LogP contribution in [-0.4, -0.2) is 18.2 Å². The number of nitrogens with two attached hydrogens (primary N) is 1. The number of aromatic nitrogens is 1. The first-order valence-corrected chi connectivity index (χ1v) is 4.59. The Kier molecular flexibility index (Phi) is 2.61. The van der Waals surface area contributed by atoms with Gasteiger partial charge in [-0.2, -0.15) is 0 Å². The first kappa shape index (κ1) is 8.72. The Hall–Kier alpha value is -0.870. The van der Waals surface area contributed by atoms with E-state index in [1.54, 1.807) is 6.26 Å². The molecule has 0 bridgehead atoms. The summed E-state index contributed by atoms with van der Waals surface area (Å²) in [7, 11) is 0. The van der Waals surface area contributed by atoms with Crippen LogP contribution in [0.4, 0.5) is 0 Å². The molecule has 0 saturated carbocycles. The van der Waals surface area contributed by atoms with Crippen molar-refractivity contribution in [2.45, 2.75) is 19.4 Å². The summed E-state index contributed by atoms with van der Waals surface area (Å²) in [4.78, 5) is 4.24. The number of oxazole rings is 1. The van der Waals surface area contributed by atoms with E-state index in [0.29, 0.717) is 12.5 Å². The third kappa shape index (κ3) is 2.08. The molecule has 1 unspecified atom stereocenters. The fraction of sp³-hybridized carbons (Fsp3) is 0.667. The SMILES string of the molecule is NCc1coc(CC2CCOC2)n1. The van der Waals surface area contributed by atoms with Crippen LogP contribution in [0.3, 0.4) is 0 Å². The first-order chi connectivity index (χ1) is 6.38. The van der Waals surface area contributed by atoms with Gasteiger partial charge in [0.2, 0.25) is 0 Å². The molecule has 2 N–H and O–H groups in total. The van der Waals surface area contributed by atoms with Crippen molar-refractivity contribution in [3.05, 3.63) is 17.8 Å². The van der Waals surface area contributed by atoms with Crippen molar-refractivity contribution in [2.75, 3.05) is 13.2 Å². The van der Waals surface area contributed by atoms with Crippen LogP contribution in [0, 0.1) is 5.92 Å². The van der Waals surface area contributed by atoms with E-state index in [9.17, 15) is 0 Å². The molecule has 0 amide bonds. The van der Waals surface area contributed by atoms with Crippen molar-refractivity contribution >= 4 is 0 Å². The van der Waals surface area contributed by atoms with Crippen LogP contribution < -0.4 is 5.73 Å². The van der Waals surface area contributed by atoms with E-state index in [4.69, 9.17) is 14.9 Å². The molecular formula is C9H14N2O2. The molecule has 4 nitrogen and oxygen atoms in total. The van der Waals surface area contributed by atoms with Gasteiger partial charge < -0.3 is 14.9 Å². The molecule has 4 heteroatoms. The Morgan fingerprint density at radius 2 is 2.54 bits per heavy atom. The van der Waals surface area contributed by atoms with Crippen molar-refractivity contribution in [3.8, 4) is 0 Å². The molecule has 0 aromatic carbocycles. The molecule has 1 aliphatic heterocycles. The van der Waals surface area contributed by atoms with E-state index in [1.807, 2.05) is 0 Å². The zero-order valence-corrected chi connectivity index (χ0v) is 7.53. The summed E-state index contributed by atoms with van der Waals surface area (Å²) in [5.41, 5.74) is 6.25. The van der Waals surface area contributed by atoms with Gasteiger partial charge >= 0.3 is 0 Å². The summed E-state index contributed by atoms with van der Waals surface area (Å²) < 4.78 is 10.5. The third-order valence-corrected chi connectivity index (χ3v) is 2.30. The number of hydrogen-bond donors (Lipinski definition) is 1. The predicted octanol–water partition coefficient (Wildman–Crippen LogP) is 0.712. The summed E-state index contributed by atoms with van der Waals surface area (Å²) in [6, 6.07) is 0. The van der Waals surface area contributed by atoms with Gasteiger partial charge in [-0.1, -0.05) is 0 Å². The Bertz CT molecular complexity index is 266. The monoisotopic (exact) mass is 182 g/mol. The second kappa shape index (κ2) is 3.89. The second-order valence-corrected chi connectivity index (χ2v) is 3.37. The van der Waals surface area contributed by atoms with Crippen molar-refractivity contribution in [1.82, 2.24) is 4.98 Å². The lowest BCUT2D eigenvalue weighted by Crippen LogP contribution is -2.04. The fourth-order valence-electron chi connectivity index (χ4n) is 1.53. The van der Waals surface area contributed by atoms with E-state index < -0.39 is 0 Å². The van der Waals surface area contributed by atoms with Gasteiger partial charge in [-0.3, -0.25) is 0 Å². The highest BCUT2D eigenvalue weighted by molar-refractivity contribution is 4.96. The molecular weight excluding hydrogens is 168 g/mol. The second-order valence-electron chi connectivity index (χ2n) is 3.37. The van der Waals surface area contributed by atoms with Crippen LogP contribution in [-0.2, 0) is 17.7 Å². The number of rotatable bonds is 3. The summed E-state index contributed by atoms with van der Waals surface area (Å²) in [6.07, 6.45) is 3.62. The molecule has 1 aromatic heterocycles. The van der Waals surface area contributed by atoms with Gasteiger partial charge in [0.1, 0.15) is 6.26 Å². The lowest BCUT2D eigenvalue weighted by atomic mass is 10.1. The minimum atomic E-state index is 0.449. The smallest absolute Gasteiger partial charge is 0.194 e. The van der Waals surface area contributed by atoms with E-state index in [2.05, 4.69) is 4.98 Å². The summed E-state index contributed by atoms with van der Waals surface area (Å²) in [5.74, 6) is 1.36. The Morgan fingerprint density at radius 3 is 3.15 bits per heavy atom. The maximum atomic E-state index is 5.42. The molecule has 0 spiro atoms. The van der Waals surface area contributed by atoms with Crippen molar-refractivity contribution in [3.63, 3.8) is 0 Å². The molecule has 1 fully saturated rings. The summed E-state index contributed by atoms with van der Waals surface area (Å²) in [5, 5.41) is 0. The van der Waals surface area contributed by atoms with Gasteiger partial charge in [0.15, 0.2) is 5.89 Å². The van der Waals surface area contributed by atoms with E-state index in [0.717, 1.165) is 37.6 Å². The third-order valence-electron chi connectivity index (χ3n) is 2.30. The van der Waals surface area contributed by atoms with Gasteiger partial charge in [-0.25, -0.2) is 4.98 Å². The maximum absolute atomic E-state index is 5.42. The normalized spacial score (nSPS) is 22.4. The zero-order chi connectivity index (χ0) is 9.10. The average molecular weight is 182 g/mol. The predicted molar refractivity (Wildman–Crippen MR) is 47.0 cm³/mol. The Labute approximate surface area is 77.1 Å². The number of nitrogens with zero attached hydrogens (tertiary/aromatic N) is 1. The lowest BCUT2D eigenvalue weighted by molar-refractivity contribution is 0.184. The van der Waals surface area contributed by atoms with E-state index in [1.165, 1.54) is 0 Å². The van der Waals surface area contributed by atoms with Crippen molar-refractivity contribution in [2.24, 2.45) is 11.7 Å². The number of ether oxygens (including phenoxy) is 1. The minimum Gasteiger partial charge on any atom is -0.449 e. The highest BCUT2D eigenvalue weighted by Crippen LogP contribution is 2.17. The molecule has 1 saturated heterocycles. The van der Waals surface area contributed by atoms with Crippen LogP contribution in [0.2, 0.25) is 0 Å². The van der Waals surface area contributed by atoms with Crippen LogP contribution in [0.15, 0.2) is 10.7 Å². The zero-order valence-electron chi connectivity index (χ0n) is 7.53. The van der Waals surface area contributed by atoms with Crippen LogP contribution in [0.1, 0.15) is 18.0 Å². The van der Waals surface area contributed by atoms with E-state index >= 15 is 0 Å². The van der Waals surface area contributed by atoms with Crippen molar-refractivity contribution in [1.29, 1.82) is 0 Å². The molecule has 0 aliphatic carbocycles. The highest BCUT2D eigenvalue weighted by Gasteiger charge is 2.18. The largest absolute Gasteiger partial charge is 0.449 e. The Balaban J connectivity index is 1.92. The first-order valence-electron chi connectivity index (χ1n) is 4.59. The molecule has 1 aliphatic rings. The van der Waals surface area contributed by atoms with Gasteiger partial charge in [0.25, 0.3) is 0 Å². The van der Waals surface area contributed by atoms with E-state index in [-0.39, 0.29) is 0 Å². The lowest BCUT2D eigenvalue weighted by Gasteiger charge is -2.01. The molecule has 1 aromatic rings. The Morgan fingerprint density at radius 1 is 1.62 bits per heavy atom. The van der Waals surface area contributed by atoms with Crippen LogP contribution in [0.25, 0.3) is 0 Å². The van der Waals surface area contributed by atoms with Gasteiger partial charge in [-0.15, -0.1) is 0 Å². The fourth-order valence-corrected chi connectivity index (χ4v) is 1.53. The summed E-state index contributed by atoms with van der Waals surface area (Å²) >= 11 is 0.